The van der Waals surface area contributed by atoms with Crippen molar-refractivity contribution in [2.45, 2.75) is 44.0 Å². The number of nitrogens with one attached hydrogen (secondary N) is 1. The van der Waals surface area contributed by atoms with Gasteiger partial charge in [-0.15, -0.1) is 11.8 Å². The molecule has 0 aromatic heterocycles. The van der Waals surface area contributed by atoms with Gasteiger partial charge in [0.15, 0.2) is 0 Å². The van der Waals surface area contributed by atoms with Crippen LogP contribution in [0.15, 0.2) is 53.4 Å². The Morgan fingerprint density at radius 1 is 1.21 bits per heavy atom. The van der Waals surface area contributed by atoms with E-state index in [4.69, 9.17) is 11.6 Å². The van der Waals surface area contributed by atoms with E-state index < -0.39 is 0 Å². The molecule has 0 aliphatic carbocycles. The number of piperidine rings is 1. The zero-order chi connectivity index (χ0) is 19.9. The number of benzene rings is 2. The lowest BCUT2D eigenvalue weighted by Gasteiger charge is -2.33. The molecule has 2 aromatic carbocycles. The molecule has 1 saturated heterocycles. The lowest BCUT2D eigenvalue weighted by molar-refractivity contribution is -0.121. The molecule has 5 heteroatoms. The van der Waals surface area contributed by atoms with E-state index >= 15 is 0 Å². The average molecular weight is 417 g/mol. The van der Waals surface area contributed by atoms with Crippen molar-refractivity contribution in [2.24, 2.45) is 5.92 Å². The summed E-state index contributed by atoms with van der Waals surface area (Å²) in [4.78, 5) is 15.9. The number of hydrogen-bond acceptors (Lipinski definition) is 3. The fraction of sp³-hybridized carbons (Fsp3) is 0.435. The van der Waals surface area contributed by atoms with Gasteiger partial charge in [0.05, 0.1) is 6.04 Å². The topological polar surface area (TPSA) is 32.3 Å². The maximum atomic E-state index is 12.3. The van der Waals surface area contributed by atoms with Crippen LogP contribution in [0.25, 0.3) is 0 Å². The fourth-order valence-electron chi connectivity index (χ4n) is 3.59. The van der Waals surface area contributed by atoms with Crippen LogP contribution in [0.2, 0.25) is 5.02 Å². The van der Waals surface area contributed by atoms with Crippen molar-refractivity contribution < 1.29 is 4.79 Å². The number of hydrogen-bond donors (Lipinski definition) is 1. The van der Waals surface area contributed by atoms with E-state index in [1.54, 1.807) is 11.8 Å². The van der Waals surface area contributed by atoms with Crippen molar-refractivity contribution in [1.82, 2.24) is 5.32 Å². The molecule has 3 rings (SSSR count). The van der Waals surface area contributed by atoms with Crippen molar-refractivity contribution in [3.8, 4) is 0 Å². The van der Waals surface area contributed by atoms with Gasteiger partial charge in [0.2, 0.25) is 5.91 Å². The monoisotopic (exact) mass is 416 g/mol. The Morgan fingerprint density at radius 2 is 1.93 bits per heavy atom. The molecule has 0 unspecified atom stereocenters. The number of carbonyl (C=O) groups excluding carboxylic acids is 1. The van der Waals surface area contributed by atoms with E-state index in [9.17, 15) is 4.79 Å². The summed E-state index contributed by atoms with van der Waals surface area (Å²) in [6, 6.07) is 16.4. The van der Waals surface area contributed by atoms with Crippen LogP contribution < -0.4 is 10.2 Å². The van der Waals surface area contributed by atoms with Gasteiger partial charge < -0.3 is 10.2 Å². The van der Waals surface area contributed by atoms with Crippen LogP contribution in [-0.2, 0) is 4.79 Å². The summed E-state index contributed by atoms with van der Waals surface area (Å²) >= 11 is 7.57. The molecule has 0 spiro atoms. The predicted octanol–water partition coefficient (Wildman–Crippen LogP) is 5.94. The molecule has 1 N–H and O–H groups in total. The molecule has 1 amide bonds. The normalized spacial score (nSPS) is 18.0. The van der Waals surface area contributed by atoms with Crippen LogP contribution in [-0.4, -0.2) is 24.7 Å². The zero-order valence-corrected chi connectivity index (χ0v) is 18.2. The first-order chi connectivity index (χ1) is 13.5. The van der Waals surface area contributed by atoms with Crippen LogP contribution in [0.1, 0.15) is 44.7 Å². The second kappa shape index (κ2) is 10.2. The number of anilines is 1. The Hall–Kier alpha value is -1.65. The Kier molecular flexibility index (Phi) is 7.69. The summed E-state index contributed by atoms with van der Waals surface area (Å²) in [5.74, 6) is 1.60. The smallest absolute Gasteiger partial charge is 0.221 e. The van der Waals surface area contributed by atoms with Gasteiger partial charge in [-0.2, -0.15) is 0 Å². The Balaban J connectivity index is 1.45. The van der Waals surface area contributed by atoms with Crippen molar-refractivity contribution >= 4 is 35.0 Å². The highest BCUT2D eigenvalue weighted by molar-refractivity contribution is 7.99. The molecule has 150 valence electrons. The highest BCUT2D eigenvalue weighted by atomic mass is 35.5. The molecule has 1 heterocycles. The Bertz CT molecular complexity index is 763. The van der Waals surface area contributed by atoms with Gasteiger partial charge in [-0.05, 0) is 67.6 Å². The number of amides is 1. The molecule has 28 heavy (non-hydrogen) atoms. The lowest BCUT2D eigenvalue weighted by Crippen LogP contribution is -2.34. The zero-order valence-electron chi connectivity index (χ0n) is 16.7. The van der Waals surface area contributed by atoms with Crippen molar-refractivity contribution in [3.63, 3.8) is 0 Å². The molecule has 0 radical (unpaired) electrons. The molecule has 2 atom stereocenters. The minimum atomic E-state index is 0.0161. The molecule has 0 saturated carbocycles. The molecule has 1 aliphatic rings. The summed E-state index contributed by atoms with van der Waals surface area (Å²) in [5.41, 5.74) is 2.43. The number of carbonyl (C=O) groups is 1. The minimum Gasteiger partial charge on any atom is -0.371 e. The fourth-order valence-corrected chi connectivity index (χ4v) is 4.56. The third-order valence-corrected chi connectivity index (χ3v) is 6.47. The maximum Gasteiger partial charge on any atom is 0.221 e. The summed E-state index contributed by atoms with van der Waals surface area (Å²) in [6.07, 6.45) is 3.10. The Morgan fingerprint density at radius 3 is 2.61 bits per heavy atom. The van der Waals surface area contributed by atoms with Gasteiger partial charge in [0.25, 0.3) is 0 Å². The number of halogens is 1. The van der Waals surface area contributed by atoms with E-state index in [1.807, 2.05) is 31.2 Å². The van der Waals surface area contributed by atoms with Crippen molar-refractivity contribution in [1.29, 1.82) is 0 Å². The standard InChI is InChI=1S/C23H29ClN2OS/c1-17-4-3-14-26(16-17)21-9-5-19(6-10-21)18(2)25-23(27)13-15-28-22-11-7-20(24)8-12-22/h5-12,17-18H,3-4,13-16H2,1-2H3,(H,25,27)/t17-,18-/m1/s1. The molecule has 1 aliphatic heterocycles. The number of rotatable bonds is 7. The van der Waals surface area contributed by atoms with Gasteiger partial charge in [-0.25, -0.2) is 0 Å². The molecular weight excluding hydrogens is 388 g/mol. The molecule has 1 fully saturated rings. The van der Waals surface area contributed by atoms with Crippen LogP contribution in [0.3, 0.4) is 0 Å². The van der Waals surface area contributed by atoms with Gasteiger partial charge in [0, 0.05) is 40.9 Å². The first-order valence-electron chi connectivity index (χ1n) is 10.0. The van der Waals surface area contributed by atoms with Gasteiger partial charge in [0.1, 0.15) is 0 Å². The molecule has 0 bridgehead atoms. The van der Waals surface area contributed by atoms with E-state index in [2.05, 4.69) is 41.4 Å². The lowest BCUT2D eigenvalue weighted by atomic mass is 9.99. The van der Waals surface area contributed by atoms with E-state index in [0.29, 0.717) is 6.42 Å². The third kappa shape index (κ3) is 6.18. The summed E-state index contributed by atoms with van der Waals surface area (Å²) in [5, 5.41) is 3.84. The quantitative estimate of drug-likeness (QED) is 0.567. The van der Waals surface area contributed by atoms with Crippen LogP contribution >= 0.6 is 23.4 Å². The highest BCUT2D eigenvalue weighted by Gasteiger charge is 2.17. The summed E-state index contributed by atoms with van der Waals surface area (Å²) in [6.45, 7) is 6.64. The first-order valence-corrected chi connectivity index (χ1v) is 11.4. The second-order valence-electron chi connectivity index (χ2n) is 7.63. The minimum absolute atomic E-state index is 0.0161. The molecule has 3 nitrogen and oxygen atoms in total. The van der Waals surface area contributed by atoms with Crippen LogP contribution in [0.5, 0.6) is 0 Å². The first kappa shape index (κ1) is 21.1. The van der Waals surface area contributed by atoms with Gasteiger partial charge >= 0.3 is 0 Å². The molecule has 2 aromatic rings. The maximum absolute atomic E-state index is 12.3. The summed E-state index contributed by atoms with van der Waals surface area (Å²) < 4.78 is 0. The SMILES string of the molecule is C[C@@H]1CCCN(c2ccc([C@@H](C)NC(=O)CCSc3ccc(Cl)cc3)cc2)C1. The third-order valence-electron chi connectivity index (χ3n) is 5.20. The largest absolute Gasteiger partial charge is 0.371 e. The van der Waals surface area contributed by atoms with E-state index in [0.717, 1.165) is 40.2 Å². The van der Waals surface area contributed by atoms with Crippen molar-refractivity contribution in [2.75, 3.05) is 23.7 Å². The summed E-state index contributed by atoms with van der Waals surface area (Å²) in [7, 11) is 0. The predicted molar refractivity (Wildman–Crippen MR) is 120 cm³/mol. The highest BCUT2D eigenvalue weighted by Crippen LogP contribution is 2.25. The van der Waals surface area contributed by atoms with Crippen LogP contribution in [0.4, 0.5) is 5.69 Å². The average Bonchev–Trinajstić information content (AvgIpc) is 2.69. The van der Waals surface area contributed by atoms with E-state index in [-0.39, 0.29) is 11.9 Å². The van der Waals surface area contributed by atoms with Crippen molar-refractivity contribution in [3.05, 3.63) is 59.1 Å². The van der Waals surface area contributed by atoms with Gasteiger partial charge in [-0.1, -0.05) is 30.7 Å². The van der Waals surface area contributed by atoms with Crippen LogP contribution in [0, 0.1) is 5.92 Å². The number of thioether (sulfide) groups is 1. The molecular formula is C23H29ClN2OS. The Labute approximate surface area is 177 Å². The second-order valence-corrected chi connectivity index (χ2v) is 9.23. The van der Waals surface area contributed by atoms with E-state index in [1.165, 1.54) is 18.5 Å². The number of nitrogens with zero attached hydrogens (tertiary/aromatic N) is 1. The van der Waals surface area contributed by atoms with Gasteiger partial charge in [-0.3, -0.25) is 4.79 Å².